The van der Waals surface area contributed by atoms with Crippen molar-refractivity contribution in [1.29, 1.82) is 0 Å². The van der Waals surface area contributed by atoms with E-state index in [0.717, 1.165) is 12.5 Å². The van der Waals surface area contributed by atoms with E-state index in [4.69, 9.17) is 5.73 Å². The van der Waals surface area contributed by atoms with Crippen molar-refractivity contribution in [2.75, 3.05) is 19.6 Å². The van der Waals surface area contributed by atoms with Gasteiger partial charge in [0, 0.05) is 12.6 Å². The first-order valence-corrected chi connectivity index (χ1v) is 7.31. The quantitative estimate of drug-likeness (QED) is 0.865. The summed E-state index contributed by atoms with van der Waals surface area (Å²) in [5.74, 6) is 0.860. The molecule has 1 aromatic rings. The van der Waals surface area contributed by atoms with Crippen LogP contribution in [0.4, 0.5) is 0 Å². The smallest absolute Gasteiger partial charge is 0.0215 e. The molecule has 2 nitrogen and oxygen atoms in total. The van der Waals surface area contributed by atoms with E-state index < -0.39 is 0 Å². The lowest BCUT2D eigenvalue weighted by atomic mass is 9.89. The van der Waals surface area contributed by atoms with Gasteiger partial charge in [-0.3, -0.25) is 4.90 Å². The van der Waals surface area contributed by atoms with Gasteiger partial charge in [0.2, 0.25) is 0 Å². The van der Waals surface area contributed by atoms with Gasteiger partial charge in [-0.15, -0.1) is 0 Å². The van der Waals surface area contributed by atoms with E-state index in [9.17, 15) is 0 Å². The second-order valence-electron chi connectivity index (χ2n) is 5.47. The Morgan fingerprint density at radius 2 is 1.89 bits per heavy atom. The highest BCUT2D eigenvalue weighted by Gasteiger charge is 2.23. The summed E-state index contributed by atoms with van der Waals surface area (Å²) in [5, 5.41) is 0. The number of benzene rings is 1. The lowest BCUT2D eigenvalue weighted by Gasteiger charge is -2.36. The predicted octanol–water partition coefficient (Wildman–Crippen LogP) is 2.68. The highest BCUT2D eigenvalue weighted by Crippen LogP contribution is 2.23. The minimum Gasteiger partial charge on any atom is -0.329 e. The molecule has 2 rings (SSSR count). The first-order valence-electron chi connectivity index (χ1n) is 7.31. The maximum atomic E-state index is 5.83. The van der Waals surface area contributed by atoms with Gasteiger partial charge in [0.1, 0.15) is 0 Å². The van der Waals surface area contributed by atoms with Crippen LogP contribution in [0.25, 0.3) is 0 Å². The Hall–Kier alpha value is -0.860. The van der Waals surface area contributed by atoms with Gasteiger partial charge < -0.3 is 5.73 Å². The Bertz CT molecular complexity index is 324. The summed E-state index contributed by atoms with van der Waals surface area (Å²) >= 11 is 0. The highest BCUT2D eigenvalue weighted by molar-refractivity contribution is 5.15. The standard InChI is InChI=1S/C16H26N2/c1-2-16(13-17)18-10-8-15(9-11-18)12-14-6-4-3-5-7-14/h3-7,15-16H,2,8-13,17H2,1H3. The normalized spacial score (nSPS) is 19.9. The first-order chi connectivity index (χ1) is 8.83. The number of likely N-dealkylation sites (tertiary alicyclic amines) is 1. The summed E-state index contributed by atoms with van der Waals surface area (Å²) in [6.07, 6.45) is 5.07. The molecule has 0 spiro atoms. The zero-order valence-electron chi connectivity index (χ0n) is 11.5. The zero-order chi connectivity index (χ0) is 12.8. The van der Waals surface area contributed by atoms with Crippen molar-refractivity contribution in [1.82, 2.24) is 4.90 Å². The molecule has 1 aliphatic rings. The lowest BCUT2D eigenvalue weighted by molar-refractivity contribution is 0.132. The molecule has 1 atom stereocenters. The van der Waals surface area contributed by atoms with E-state index >= 15 is 0 Å². The number of hydrogen-bond donors (Lipinski definition) is 1. The Kier molecular flexibility index (Phi) is 5.21. The molecule has 1 unspecified atom stereocenters. The van der Waals surface area contributed by atoms with Crippen LogP contribution >= 0.6 is 0 Å². The van der Waals surface area contributed by atoms with Crippen LogP contribution in [0.3, 0.4) is 0 Å². The molecule has 2 heteroatoms. The third-order valence-electron chi connectivity index (χ3n) is 4.28. The number of piperidine rings is 1. The summed E-state index contributed by atoms with van der Waals surface area (Å²) in [6, 6.07) is 11.5. The van der Waals surface area contributed by atoms with Crippen molar-refractivity contribution >= 4 is 0 Å². The fourth-order valence-corrected chi connectivity index (χ4v) is 3.04. The van der Waals surface area contributed by atoms with Gasteiger partial charge in [-0.05, 0) is 50.3 Å². The topological polar surface area (TPSA) is 29.3 Å². The summed E-state index contributed by atoms with van der Waals surface area (Å²) in [7, 11) is 0. The summed E-state index contributed by atoms with van der Waals surface area (Å²) in [6.45, 7) is 5.51. The SMILES string of the molecule is CCC(CN)N1CCC(Cc2ccccc2)CC1. The minimum absolute atomic E-state index is 0.600. The average molecular weight is 246 g/mol. The highest BCUT2D eigenvalue weighted by atomic mass is 15.2. The van der Waals surface area contributed by atoms with Gasteiger partial charge in [0.05, 0.1) is 0 Å². The maximum Gasteiger partial charge on any atom is 0.0215 e. The van der Waals surface area contributed by atoms with Crippen molar-refractivity contribution in [2.45, 2.75) is 38.6 Å². The fraction of sp³-hybridized carbons (Fsp3) is 0.625. The van der Waals surface area contributed by atoms with Crippen molar-refractivity contribution in [3.63, 3.8) is 0 Å². The molecule has 18 heavy (non-hydrogen) atoms. The van der Waals surface area contributed by atoms with Crippen molar-refractivity contribution in [3.8, 4) is 0 Å². The summed E-state index contributed by atoms with van der Waals surface area (Å²) in [5.41, 5.74) is 7.32. The lowest BCUT2D eigenvalue weighted by Crippen LogP contribution is -2.45. The van der Waals surface area contributed by atoms with E-state index in [0.29, 0.717) is 6.04 Å². The molecule has 0 aromatic heterocycles. The molecular weight excluding hydrogens is 220 g/mol. The molecule has 1 fully saturated rings. The van der Waals surface area contributed by atoms with E-state index in [2.05, 4.69) is 42.2 Å². The average Bonchev–Trinajstić information content (AvgIpc) is 2.43. The van der Waals surface area contributed by atoms with Gasteiger partial charge in [0.15, 0.2) is 0 Å². The largest absolute Gasteiger partial charge is 0.329 e. The molecule has 2 N–H and O–H groups in total. The third kappa shape index (κ3) is 3.56. The monoisotopic (exact) mass is 246 g/mol. The van der Waals surface area contributed by atoms with Crippen molar-refractivity contribution in [2.24, 2.45) is 11.7 Å². The molecule has 0 amide bonds. The van der Waals surface area contributed by atoms with Crippen LogP contribution in [0.5, 0.6) is 0 Å². The third-order valence-corrected chi connectivity index (χ3v) is 4.28. The van der Waals surface area contributed by atoms with Crippen LogP contribution in [0.1, 0.15) is 31.7 Å². The second-order valence-corrected chi connectivity index (χ2v) is 5.47. The van der Waals surface area contributed by atoms with E-state index in [1.54, 1.807) is 0 Å². The van der Waals surface area contributed by atoms with Crippen LogP contribution in [0, 0.1) is 5.92 Å². The van der Waals surface area contributed by atoms with Crippen LogP contribution in [-0.2, 0) is 6.42 Å². The Morgan fingerprint density at radius 1 is 1.22 bits per heavy atom. The Balaban J connectivity index is 1.80. The van der Waals surface area contributed by atoms with E-state index in [1.165, 1.54) is 44.3 Å². The maximum absolute atomic E-state index is 5.83. The predicted molar refractivity (Wildman–Crippen MR) is 77.6 cm³/mol. The molecular formula is C16H26N2. The van der Waals surface area contributed by atoms with Gasteiger partial charge in [0.25, 0.3) is 0 Å². The summed E-state index contributed by atoms with van der Waals surface area (Å²) < 4.78 is 0. The summed E-state index contributed by atoms with van der Waals surface area (Å²) in [4.78, 5) is 2.58. The Labute approximate surface area is 111 Å². The van der Waals surface area contributed by atoms with Crippen molar-refractivity contribution in [3.05, 3.63) is 35.9 Å². The molecule has 1 saturated heterocycles. The van der Waals surface area contributed by atoms with Gasteiger partial charge in [-0.25, -0.2) is 0 Å². The minimum atomic E-state index is 0.600. The second kappa shape index (κ2) is 6.91. The number of rotatable bonds is 5. The van der Waals surface area contributed by atoms with Gasteiger partial charge in [-0.2, -0.15) is 0 Å². The van der Waals surface area contributed by atoms with E-state index in [-0.39, 0.29) is 0 Å². The van der Waals surface area contributed by atoms with E-state index in [1.807, 2.05) is 0 Å². The molecule has 0 saturated carbocycles. The molecule has 1 aromatic carbocycles. The van der Waals surface area contributed by atoms with Gasteiger partial charge >= 0.3 is 0 Å². The number of hydrogen-bond acceptors (Lipinski definition) is 2. The number of nitrogens with zero attached hydrogens (tertiary/aromatic N) is 1. The molecule has 0 aliphatic carbocycles. The van der Waals surface area contributed by atoms with Crippen LogP contribution in [0.2, 0.25) is 0 Å². The fourth-order valence-electron chi connectivity index (χ4n) is 3.04. The molecule has 0 radical (unpaired) electrons. The van der Waals surface area contributed by atoms with Crippen molar-refractivity contribution < 1.29 is 0 Å². The zero-order valence-corrected chi connectivity index (χ0v) is 11.5. The molecule has 100 valence electrons. The first kappa shape index (κ1) is 13.6. The molecule has 1 heterocycles. The Morgan fingerprint density at radius 3 is 2.44 bits per heavy atom. The number of nitrogens with two attached hydrogens (primary N) is 1. The van der Waals surface area contributed by atoms with Crippen LogP contribution in [0.15, 0.2) is 30.3 Å². The molecule has 1 aliphatic heterocycles. The van der Waals surface area contributed by atoms with Crippen LogP contribution in [-0.4, -0.2) is 30.6 Å². The van der Waals surface area contributed by atoms with Gasteiger partial charge in [-0.1, -0.05) is 37.3 Å². The van der Waals surface area contributed by atoms with Crippen LogP contribution < -0.4 is 5.73 Å². The molecule has 0 bridgehead atoms.